The second-order valence-corrected chi connectivity index (χ2v) is 9.69. The van der Waals surface area contributed by atoms with E-state index in [0.717, 1.165) is 22.0 Å². The smallest absolute Gasteiger partial charge is 0.269 e. The van der Waals surface area contributed by atoms with E-state index in [9.17, 15) is 8.42 Å². The summed E-state index contributed by atoms with van der Waals surface area (Å²) in [6, 6.07) is 16.1. The average Bonchev–Trinajstić information content (AvgIpc) is 3.37. The minimum absolute atomic E-state index is 0.189. The summed E-state index contributed by atoms with van der Waals surface area (Å²) in [5.74, 6) is 1.24. The lowest BCUT2D eigenvalue weighted by Gasteiger charge is -2.12. The van der Waals surface area contributed by atoms with E-state index in [0.29, 0.717) is 28.2 Å². The summed E-state index contributed by atoms with van der Waals surface area (Å²) in [6.07, 6.45) is 3.48. The predicted molar refractivity (Wildman–Crippen MR) is 129 cm³/mol. The monoisotopic (exact) mass is 461 g/mol. The van der Waals surface area contributed by atoms with E-state index in [1.54, 1.807) is 50.7 Å². The molecule has 0 aliphatic carbocycles. The number of aryl methyl sites for hydroxylation is 2. The highest BCUT2D eigenvalue weighted by Crippen LogP contribution is 2.39. The summed E-state index contributed by atoms with van der Waals surface area (Å²) >= 11 is 0. The van der Waals surface area contributed by atoms with Crippen LogP contribution in [0.1, 0.15) is 5.56 Å². The van der Waals surface area contributed by atoms with Crippen LogP contribution in [0.15, 0.2) is 71.9 Å². The van der Waals surface area contributed by atoms with Crippen molar-refractivity contribution in [3.05, 3.63) is 72.6 Å². The largest absolute Gasteiger partial charge is 0.497 e. The predicted octanol–water partition coefficient (Wildman–Crippen LogP) is 4.76. The number of benzene rings is 2. The number of aromatic nitrogens is 3. The van der Waals surface area contributed by atoms with Gasteiger partial charge in [-0.2, -0.15) is 0 Å². The number of nitrogens with zero attached hydrogens (tertiary/aromatic N) is 3. The first kappa shape index (κ1) is 21.1. The molecule has 0 unspecified atom stereocenters. The van der Waals surface area contributed by atoms with E-state index in [2.05, 4.69) is 4.98 Å². The van der Waals surface area contributed by atoms with Crippen LogP contribution < -0.4 is 9.47 Å². The Labute approximate surface area is 191 Å². The average molecular weight is 462 g/mol. The minimum Gasteiger partial charge on any atom is -0.497 e. The van der Waals surface area contributed by atoms with E-state index in [1.165, 1.54) is 3.97 Å². The topological polar surface area (TPSA) is 75.3 Å². The van der Waals surface area contributed by atoms with Gasteiger partial charge in [0.1, 0.15) is 11.5 Å². The molecule has 0 radical (unpaired) electrons. The van der Waals surface area contributed by atoms with Gasteiger partial charge in [0, 0.05) is 35.9 Å². The molecule has 33 heavy (non-hydrogen) atoms. The number of methoxy groups -OCH3 is 2. The fraction of sp³-hybridized carbons (Fsp3) is 0.160. The van der Waals surface area contributed by atoms with E-state index in [1.807, 2.05) is 49.0 Å². The van der Waals surface area contributed by atoms with Crippen molar-refractivity contribution in [1.29, 1.82) is 0 Å². The van der Waals surface area contributed by atoms with Gasteiger partial charge in [-0.25, -0.2) is 17.4 Å². The fourth-order valence-electron chi connectivity index (χ4n) is 4.18. The van der Waals surface area contributed by atoms with E-state index >= 15 is 0 Å². The van der Waals surface area contributed by atoms with Gasteiger partial charge in [0.15, 0.2) is 5.65 Å². The van der Waals surface area contributed by atoms with E-state index in [4.69, 9.17) is 9.47 Å². The Morgan fingerprint density at radius 1 is 0.909 bits per heavy atom. The first-order valence-corrected chi connectivity index (χ1v) is 11.8. The van der Waals surface area contributed by atoms with Crippen molar-refractivity contribution in [3.63, 3.8) is 0 Å². The van der Waals surface area contributed by atoms with Gasteiger partial charge in [-0.1, -0.05) is 17.7 Å². The first-order valence-electron chi connectivity index (χ1n) is 10.4. The molecular weight excluding hydrogens is 438 g/mol. The highest BCUT2D eigenvalue weighted by Gasteiger charge is 2.27. The molecular formula is C25H23N3O4S. The molecule has 5 rings (SSSR count). The second kappa shape index (κ2) is 7.67. The van der Waals surface area contributed by atoms with Gasteiger partial charge in [-0.15, -0.1) is 0 Å². The quantitative estimate of drug-likeness (QED) is 0.377. The Hall–Kier alpha value is -3.78. The zero-order valence-electron chi connectivity index (χ0n) is 18.7. The molecule has 0 N–H and O–H groups in total. The number of ether oxygens (including phenoxy) is 2. The van der Waals surface area contributed by atoms with Gasteiger partial charge >= 0.3 is 0 Å². The normalized spacial score (nSPS) is 11.9. The number of hydrogen-bond acceptors (Lipinski definition) is 5. The van der Waals surface area contributed by atoms with Gasteiger partial charge in [-0.3, -0.25) is 0 Å². The molecule has 8 heteroatoms. The van der Waals surface area contributed by atoms with Crippen molar-refractivity contribution < 1.29 is 17.9 Å². The molecule has 3 aromatic heterocycles. The van der Waals surface area contributed by atoms with Crippen LogP contribution in [0.3, 0.4) is 0 Å². The maximum Gasteiger partial charge on any atom is 0.269 e. The molecule has 0 aliphatic heterocycles. The summed E-state index contributed by atoms with van der Waals surface area (Å²) in [6.45, 7) is 1.92. The summed E-state index contributed by atoms with van der Waals surface area (Å²) in [4.78, 5) is 4.63. The minimum atomic E-state index is -3.96. The van der Waals surface area contributed by atoms with E-state index in [-0.39, 0.29) is 4.90 Å². The van der Waals surface area contributed by atoms with Crippen molar-refractivity contribution in [1.82, 2.24) is 13.5 Å². The maximum absolute atomic E-state index is 13.9. The molecule has 168 valence electrons. The van der Waals surface area contributed by atoms with Crippen molar-refractivity contribution in [2.75, 3.05) is 14.2 Å². The van der Waals surface area contributed by atoms with Gasteiger partial charge in [0.05, 0.1) is 30.2 Å². The third kappa shape index (κ3) is 3.25. The molecule has 0 saturated heterocycles. The Bertz CT molecular complexity index is 1610. The second-order valence-electron chi connectivity index (χ2n) is 7.90. The third-order valence-electron chi connectivity index (χ3n) is 5.87. The highest BCUT2D eigenvalue weighted by molar-refractivity contribution is 7.90. The lowest BCUT2D eigenvalue weighted by Crippen LogP contribution is -2.14. The van der Waals surface area contributed by atoms with Crippen molar-refractivity contribution in [2.24, 2.45) is 7.05 Å². The molecule has 0 saturated carbocycles. The van der Waals surface area contributed by atoms with Gasteiger partial charge < -0.3 is 14.0 Å². The Morgan fingerprint density at radius 3 is 2.36 bits per heavy atom. The van der Waals surface area contributed by atoms with Crippen LogP contribution in [0, 0.1) is 6.92 Å². The van der Waals surface area contributed by atoms with E-state index < -0.39 is 10.0 Å². The van der Waals surface area contributed by atoms with Gasteiger partial charge in [0.25, 0.3) is 10.0 Å². The first-order chi connectivity index (χ1) is 15.8. The summed E-state index contributed by atoms with van der Waals surface area (Å²) < 4.78 is 42.1. The standard InChI is InChI=1S/C25H23N3O4S/c1-16-5-8-18(9-6-16)33(29,30)28-23(14-20-24(32-4)11-12-26-25(20)28)21-15-27(2)22-10-7-17(31-3)13-19(21)22/h5-15H,1-4H3. The summed E-state index contributed by atoms with van der Waals surface area (Å²) in [5, 5.41) is 1.49. The molecule has 0 amide bonds. The van der Waals surface area contributed by atoms with Crippen molar-refractivity contribution in [3.8, 4) is 22.8 Å². The lowest BCUT2D eigenvalue weighted by molar-refractivity contribution is 0.415. The Morgan fingerprint density at radius 2 is 1.67 bits per heavy atom. The third-order valence-corrected chi connectivity index (χ3v) is 7.59. The van der Waals surface area contributed by atoms with Crippen LogP contribution in [0.2, 0.25) is 0 Å². The summed E-state index contributed by atoms with van der Waals surface area (Å²) in [7, 11) is 1.14. The molecule has 0 aliphatic rings. The van der Waals surface area contributed by atoms with Crippen molar-refractivity contribution >= 4 is 32.0 Å². The molecule has 0 atom stereocenters. The summed E-state index contributed by atoms with van der Waals surface area (Å²) in [5.41, 5.74) is 3.50. The van der Waals surface area contributed by atoms with Crippen LogP contribution in [-0.4, -0.2) is 36.2 Å². The molecule has 0 fully saturated rings. The fourth-order valence-corrected chi connectivity index (χ4v) is 5.65. The Balaban J connectivity index is 1.90. The number of fused-ring (bicyclic) bond motifs is 2. The number of hydrogen-bond donors (Lipinski definition) is 0. The number of rotatable bonds is 5. The molecule has 2 aromatic carbocycles. The molecule has 3 heterocycles. The van der Waals surface area contributed by atoms with Crippen LogP contribution in [0.5, 0.6) is 11.5 Å². The lowest BCUT2D eigenvalue weighted by atomic mass is 10.1. The molecule has 0 bridgehead atoms. The van der Waals surface area contributed by atoms with Crippen LogP contribution in [0.25, 0.3) is 33.2 Å². The van der Waals surface area contributed by atoms with Crippen LogP contribution >= 0.6 is 0 Å². The zero-order chi connectivity index (χ0) is 23.3. The number of pyridine rings is 1. The SMILES string of the molecule is COc1ccc2c(c1)c(-c1cc3c(OC)ccnc3n1S(=O)(=O)c1ccc(C)cc1)cn2C. The van der Waals surface area contributed by atoms with Crippen molar-refractivity contribution in [2.45, 2.75) is 11.8 Å². The zero-order valence-corrected chi connectivity index (χ0v) is 19.6. The molecule has 5 aromatic rings. The van der Waals surface area contributed by atoms with Gasteiger partial charge in [0.2, 0.25) is 0 Å². The van der Waals surface area contributed by atoms with Gasteiger partial charge in [-0.05, 0) is 49.4 Å². The van der Waals surface area contributed by atoms with Crippen LogP contribution in [-0.2, 0) is 17.1 Å². The molecule has 0 spiro atoms. The highest BCUT2D eigenvalue weighted by atomic mass is 32.2. The van der Waals surface area contributed by atoms with Crippen LogP contribution in [0.4, 0.5) is 0 Å². The molecule has 7 nitrogen and oxygen atoms in total. The maximum atomic E-state index is 13.9. The Kier molecular flexibility index (Phi) is 4.90.